The molecule has 2 aromatic rings. The molecule has 6 heteroatoms. The Hall–Kier alpha value is -2.34. The second kappa shape index (κ2) is 7.49. The van der Waals surface area contributed by atoms with Crippen molar-refractivity contribution in [3.8, 4) is 5.75 Å². The summed E-state index contributed by atoms with van der Waals surface area (Å²) in [6.45, 7) is 6.08. The highest BCUT2D eigenvalue weighted by Gasteiger charge is 2.25. The topological polar surface area (TPSA) is 76.4 Å². The van der Waals surface area contributed by atoms with E-state index in [0.29, 0.717) is 12.2 Å². The van der Waals surface area contributed by atoms with Crippen LogP contribution in [0.1, 0.15) is 30.0 Å². The van der Waals surface area contributed by atoms with Crippen LogP contribution in [0.25, 0.3) is 0 Å². The van der Waals surface area contributed by atoms with Gasteiger partial charge in [-0.2, -0.15) is 5.10 Å². The number of hydrogen-bond acceptors (Lipinski definition) is 4. The van der Waals surface area contributed by atoms with E-state index in [1.54, 1.807) is 31.0 Å². The number of aromatic nitrogens is 2. The maximum Gasteiger partial charge on any atom is 0.223 e. The minimum absolute atomic E-state index is 0.126. The molecule has 2 rings (SSSR count). The van der Waals surface area contributed by atoms with Crippen molar-refractivity contribution in [3.63, 3.8) is 0 Å². The molecule has 1 unspecified atom stereocenters. The van der Waals surface area contributed by atoms with Gasteiger partial charge in [-0.15, -0.1) is 0 Å². The zero-order valence-electron chi connectivity index (χ0n) is 14.7. The largest absolute Gasteiger partial charge is 0.493 e. The quantitative estimate of drug-likeness (QED) is 0.811. The van der Waals surface area contributed by atoms with E-state index in [2.05, 4.69) is 10.4 Å². The number of rotatable bonds is 7. The first-order valence-corrected chi connectivity index (χ1v) is 7.96. The van der Waals surface area contributed by atoms with Gasteiger partial charge in [0.2, 0.25) is 5.91 Å². The van der Waals surface area contributed by atoms with Crippen molar-refractivity contribution in [3.05, 3.63) is 47.3 Å². The summed E-state index contributed by atoms with van der Waals surface area (Å²) in [7, 11) is 1.78. The molecule has 0 fully saturated rings. The summed E-state index contributed by atoms with van der Waals surface area (Å²) >= 11 is 0. The zero-order valence-corrected chi connectivity index (χ0v) is 14.7. The number of hydrogen-bond donors (Lipinski definition) is 2. The van der Waals surface area contributed by atoms with E-state index >= 15 is 0 Å². The average Bonchev–Trinajstić information content (AvgIpc) is 2.95. The van der Waals surface area contributed by atoms with Crippen molar-refractivity contribution in [2.24, 2.45) is 7.05 Å². The number of nitrogens with zero attached hydrogens (tertiary/aromatic N) is 2. The number of aliphatic hydroxyl groups is 1. The van der Waals surface area contributed by atoms with Crippen LogP contribution in [0, 0.1) is 13.8 Å². The molecule has 0 aliphatic rings. The Balaban J connectivity index is 1.77. The van der Waals surface area contributed by atoms with Crippen molar-refractivity contribution in [2.75, 3.05) is 13.2 Å². The van der Waals surface area contributed by atoms with Crippen molar-refractivity contribution in [1.82, 2.24) is 15.1 Å². The predicted octanol–water partition coefficient (Wildman–Crippen LogP) is 1.83. The summed E-state index contributed by atoms with van der Waals surface area (Å²) < 4.78 is 7.26. The van der Waals surface area contributed by atoms with Crippen LogP contribution in [0.15, 0.2) is 30.6 Å². The third-order valence-electron chi connectivity index (χ3n) is 3.87. The molecule has 0 saturated heterocycles. The van der Waals surface area contributed by atoms with Gasteiger partial charge in [-0.3, -0.25) is 9.48 Å². The minimum Gasteiger partial charge on any atom is -0.493 e. The average molecular weight is 331 g/mol. The molecule has 0 saturated carbocycles. The fourth-order valence-electron chi connectivity index (χ4n) is 2.38. The maximum absolute atomic E-state index is 11.9. The van der Waals surface area contributed by atoms with Crippen LogP contribution in [0.4, 0.5) is 0 Å². The molecule has 1 aromatic carbocycles. The maximum atomic E-state index is 11.9. The van der Waals surface area contributed by atoms with Crippen LogP contribution >= 0.6 is 0 Å². The normalized spacial score (nSPS) is 13.4. The first kappa shape index (κ1) is 18.0. The number of nitrogens with one attached hydrogen (secondary N) is 1. The minimum atomic E-state index is -1.15. The molecule has 24 heavy (non-hydrogen) atoms. The molecule has 2 N–H and O–H groups in total. The van der Waals surface area contributed by atoms with Crippen molar-refractivity contribution in [1.29, 1.82) is 0 Å². The van der Waals surface area contributed by atoms with Gasteiger partial charge in [-0.05, 0) is 32.4 Å². The van der Waals surface area contributed by atoms with E-state index in [1.807, 2.05) is 32.0 Å². The van der Waals surface area contributed by atoms with Crippen LogP contribution in [0.3, 0.4) is 0 Å². The number of carbonyl (C=O) groups excluding carboxylic acids is 1. The predicted molar refractivity (Wildman–Crippen MR) is 91.8 cm³/mol. The fraction of sp³-hybridized carbons (Fsp3) is 0.444. The van der Waals surface area contributed by atoms with Gasteiger partial charge >= 0.3 is 0 Å². The molecule has 0 spiro atoms. The molecular weight excluding hydrogens is 306 g/mol. The molecule has 1 atom stereocenters. The summed E-state index contributed by atoms with van der Waals surface area (Å²) in [4.78, 5) is 11.9. The Kier molecular flexibility index (Phi) is 5.62. The lowest BCUT2D eigenvalue weighted by Gasteiger charge is -2.22. The SMILES string of the molecule is Cc1ccc(OCCC(=O)NCC(C)(O)c2cnn(C)c2)c(C)c1. The molecular formula is C18H25N3O3. The van der Waals surface area contributed by atoms with Gasteiger partial charge in [-0.1, -0.05) is 17.7 Å². The van der Waals surface area contributed by atoms with Gasteiger partial charge < -0.3 is 15.2 Å². The highest BCUT2D eigenvalue weighted by Crippen LogP contribution is 2.19. The van der Waals surface area contributed by atoms with Crippen LogP contribution in [0.2, 0.25) is 0 Å². The van der Waals surface area contributed by atoms with Crippen molar-refractivity contribution < 1.29 is 14.6 Å². The van der Waals surface area contributed by atoms with Gasteiger partial charge in [0.05, 0.1) is 25.8 Å². The molecule has 1 heterocycles. The van der Waals surface area contributed by atoms with Gasteiger partial charge in [0, 0.05) is 18.8 Å². The molecule has 0 aliphatic heterocycles. The van der Waals surface area contributed by atoms with E-state index in [1.165, 1.54) is 5.56 Å². The van der Waals surface area contributed by atoms with Crippen molar-refractivity contribution in [2.45, 2.75) is 32.8 Å². The lowest BCUT2D eigenvalue weighted by Crippen LogP contribution is -2.38. The summed E-state index contributed by atoms with van der Waals surface area (Å²) in [6.07, 6.45) is 3.56. The number of ether oxygens (including phenoxy) is 1. The first-order chi connectivity index (χ1) is 11.3. The third kappa shape index (κ3) is 4.83. The van der Waals surface area contributed by atoms with Crippen molar-refractivity contribution >= 4 is 5.91 Å². The summed E-state index contributed by atoms with van der Waals surface area (Å²) in [5, 5.41) is 17.2. The Morgan fingerprint density at radius 2 is 2.17 bits per heavy atom. The van der Waals surface area contributed by atoms with Crippen LogP contribution in [-0.4, -0.2) is 33.9 Å². The van der Waals surface area contributed by atoms with E-state index in [9.17, 15) is 9.90 Å². The summed E-state index contributed by atoms with van der Waals surface area (Å²) in [5.74, 6) is 0.625. The molecule has 0 radical (unpaired) electrons. The van der Waals surface area contributed by atoms with Gasteiger partial charge in [0.25, 0.3) is 0 Å². The van der Waals surface area contributed by atoms with E-state index in [0.717, 1.165) is 11.3 Å². The van der Waals surface area contributed by atoms with E-state index in [-0.39, 0.29) is 18.9 Å². The molecule has 0 aliphatic carbocycles. The van der Waals surface area contributed by atoms with E-state index in [4.69, 9.17) is 4.74 Å². The Morgan fingerprint density at radius 3 is 2.79 bits per heavy atom. The lowest BCUT2D eigenvalue weighted by atomic mass is 10.00. The first-order valence-electron chi connectivity index (χ1n) is 7.96. The monoisotopic (exact) mass is 331 g/mol. The highest BCUT2D eigenvalue weighted by molar-refractivity contribution is 5.76. The highest BCUT2D eigenvalue weighted by atomic mass is 16.5. The Morgan fingerprint density at radius 1 is 1.42 bits per heavy atom. The van der Waals surface area contributed by atoms with Crippen LogP contribution in [-0.2, 0) is 17.4 Å². The molecule has 0 bridgehead atoms. The second-order valence-corrected chi connectivity index (χ2v) is 6.32. The molecule has 6 nitrogen and oxygen atoms in total. The standard InChI is InChI=1S/C18H25N3O3/c1-13-5-6-16(14(2)9-13)24-8-7-17(22)19-12-18(3,23)15-10-20-21(4)11-15/h5-6,9-11,23H,7-8,12H2,1-4H3,(H,19,22). The zero-order chi connectivity index (χ0) is 17.7. The van der Waals surface area contributed by atoms with E-state index < -0.39 is 5.60 Å². The van der Waals surface area contributed by atoms with Crippen LogP contribution in [0.5, 0.6) is 5.75 Å². The number of amides is 1. The molecule has 1 amide bonds. The molecule has 1 aromatic heterocycles. The fourth-order valence-corrected chi connectivity index (χ4v) is 2.38. The van der Waals surface area contributed by atoms with Gasteiger partial charge in [0.1, 0.15) is 11.4 Å². The Labute approximate surface area is 142 Å². The second-order valence-electron chi connectivity index (χ2n) is 6.32. The number of aryl methyl sites for hydroxylation is 3. The number of benzene rings is 1. The Bertz CT molecular complexity index is 707. The van der Waals surface area contributed by atoms with Gasteiger partial charge in [-0.25, -0.2) is 0 Å². The lowest BCUT2D eigenvalue weighted by molar-refractivity contribution is -0.122. The number of carbonyl (C=O) groups is 1. The smallest absolute Gasteiger partial charge is 0.223 e. The summed E-state index contributed by atoms with van der Waals surface area (Å²) in [6, 6.07) is 5.93. The third-order valence-corrected chi connectivity index (χ3v) is 3.87. The van der Waals surface area contributed by atoms with Crippen LogP contribution < -0.4 is 10.1 Å². The summed E-state index contributed by atoms with van der Waals surface area (Å²) in [5.41, 5.74) is 1.74. The molecule has 130 valence electrons. The van der Waals surface area contributed by atoms with Gasteiger partial charge in [0.15, 0.2) is 0 Å².